The second-order valence-corrected chi connectivity index (χ2v) is 8.55. The predicted molar refractivity (Wildman–Crippen MR) is 110 cm³/mol. The topological polar surface area (TPSA) is 74.4 Å². The molecule has 0 aliphatic carbocycles. The quantitative estimate of drug-likeness (QED) is 0.721. The minimum atomic E-state index is -4.61. The lowest BCUT2D eigenvalue weighted by molar-refractivity contribution is -0.137. The van der Waals surface area contributed by atoms with Gasteiger partial charge in [-0.3, -0.25) is 9.48 Å². The molecule has 2 atom stereocenters. The van der Waals surface area contributed by atoms with Crippen LogP contribution in [0.25, 0.3) is 0 Å². The molecule has 1 amide bonds. The number of nitriles is 1. The summed E-state index contributed by atoms with van der Waals surface area (Å²) < 4.78 is 47.4. The molecule has 0 bridgehead atoms. The zero-order valence-corrected chi connectivity index (χ0v) is 17.9. The van der Waals surface area contributed by atoms with Gasteiger partial charge in [0.15, 0.2) is 0 Å². The van der Waals surface area contributed by atoms with Crippen LogP contribution >= 0.6 is 0 Å². The fraction of sp³-hybridized carbons (Fsp3) is 0.500. The molecule has 0 radical (unpaired) electrons. The minimum Gasteiger partial charge on any atom is -0.384 e. The molecule has 2 unspecified atom stereocenters. The summed E-state index contributed by atoms with van der Waals surface area (Å²) in [4.78, 5) is 16.7. The summed E-state index contributed by atoms with van der Waals surface area (Å²) in [5.41, 5.74) is -0.657. The van der Waals surface area contributed by atoms with Gasteiger partial charge in [-0.1, -0.05) is 0 Å². The van der Waals surface area contributed by atoms with Gasteiger partial charge in [-0.05, 0) is 30.7 Å². The van der Waals surface area contributed by atoms with Gasteiger partial charge in [0.25, 0.3) is 5.91 Å². The van der Waals surface area contributed by atoms with Crippen LogP contribution in [-0.2, 0) is 18.0 Å². The molecule has 0 saturated carbocycles. The molecular formula is C22H24F3N5O2. The highest BCUT2D eigenvalue weighted by atomic mass is 19.4. The fourth-order valence-corrected chi connectivity index (χ4v) is 4.99. The second kappa shape index (κ2) is 8.13. The Hall–Kier alpha value is -3.06. The Morgan fingerprint density at radius 2 is 2.12 bits per heavy atom. The average molecular weight is 447 g/mol. The van der Waals surface area contributed by atoms with Crippen molar-refractivity contribution < 1.29 is 22.7 Å². The normalized spacial score (nSPS) is 23.2. The monoisotopic (exact) mass is 447 g/mol. The number of carbonyl (C=O) groups excluding carboxylic acids is 1. The molecule has 3 heterocycles. The number of fused-ring (bicyclic) bond motifs is 1. The van der Waals surface area contributed by atoms with Crippen LogP contribution in [0.5, 0.6) is 0 Å². The summed E-state index contributed by atoms with van der Waals surface area (Å²) in [5.74, 6) is -0.0643. The van der Waals surface area contributed by atoms with E-state index in [2.05, 4.69) is 5.10 Å². The van der Waals surface area contributed by atoms with Crippen LogP contribution in [0.1, 0.15) is 28.0 Å². The van der Waals surface area contributed by atoms with E-state index in [4.69, 9.17) is 10.00 Å². The van der Waals surface area contributed by atoms with E-state index in [1.54, 1.807) is 43.5 Å². The number of aryl methyl sites for hydroxylation is 1. The van der Waals surface area contributed by atoms with Gasteiger partial charge >= 0.3 is 6.18 Å². The van der Waals surface area contributed by atoms with E-state index in [9.17, 15) is 18.0 Å². The third kappa shape index (κ3) is 3.81. The van der Waals surface area contributed by atoms with Crippen molar-refractivity contribution in [3.63, 3.8) is 0 Å². The maximum atomic E-state index is 13.5. The molecule has 10 heteroatoms. The molecule has 2 saturated heterocycles. The van der Waals surface area contributed by atoms with E-state index in [1.165, 1.54) is 10.7 Å². The van der Waals surface area contributed by atoms with Gasteiger partial charge < -0.3 is 14.5 Å². The SMILES string of the molecule is COCC12CCN(C(=O)c3ccnn3C)CC1CN(c1ccc(C#N)c(C(F)(F)F)c1)C2. The molecule has 2 aliphatic heterocycles. The van der Waals surface area contributed by atoms with Gasteiger partial charge in [-0.2, -0.15) is 23.5 Å². The van der Waals surface area contributed by atoms with Gasteiger partial charge in [-0.15, -0.1) is 0 Å². The number of hydrogen-bond donors (Lipinski definition) is 0. The largest absolute Gasteiger partial charge is 0.417 e. The average Bonchev–Trinajstić information content (AvgIpc) is 3.35. The van der Waals surface area contributed by atoms with E-state index in [0.717, 1.165) is 6.07 Å². The number of methoxy groups -OCH3 is 1. The number of ether oxygens (including phenoxy) is 1. The van der Waals surface area contributed by atoms with Crippen LogP contribution in [0.2, 0.25) is 0 Å². The molecule has 1 aromatic heterocycles. The lowest BCUT2D eigenvalue weighted by Gasteiger charge is -2.42. The Labute approximate surface area is 184 Å². The standard InChI is InChI=1S/C22H24F3N5O2/c1-28-19(5-7-27-28)20(31)29-8-6-21(14-32-2)13-30(12-16(21)11-29)17-4-3-15(10-26)18(9-17)22(23,24)25/h3-5,7,9,16H,6,8,11-14H2,1-2H3. The molecular weight excluding hydrogens is 423 g/mol. The molecule has 2 aromatic rings. The van der Waals surface area contributed by atoms with Crippen molar-refractivity contribution in [2.24, 2.45) is 18.4 Å². The molecule has 7 nitrogen and oxygen atoms in total. The number of amides is 1. The lowest BCUT2D eigenvalue weighted by atomic mass is 9.73. The maximum absolute atomic E-state index is 13.5. The van der Waals surface area contributed by atoms with Crippen LogP contribution in [0.4, 0.5) is 18.9 Å². The van der Waals surface area contributed by atoms with Crippen LogP contribution < -0.4 is 4.90 Å². The Kier molecular flexibility index (Phi) is 5.63. The lowest BCUT2D eigenvalue weighted by Crippen LogP contribution is -2.51. The first-order chi connectivity index (χ1) is 15.2. The highest BCUT2D eigenvalue weighted by molar-refractivity contribution is 5.92. The van der Waals surface area contributed by atoms with Crippen LogP contribution in [0, 0.1) is 22.7 Å². The Balaban J connectivity index is 1.60. The highest BCUT2D eigenvalue weighted by Crippen LogP contribution is 2.45. The van der Waals surface area contributed by atoms with Gasteiger partial charge in [0, 0.05) is 63.6 Å². The van der Waals surface area contributed by atoms with Crippen molar-refractivity contribution in [1.29, 1.82) is 5.26 Å². The second-order valence-electron chi connectivity index (χ2n) is 8.55. The predicted octanol–water partition coefficient (Wildman–Crippen LogP) is 2.93. The zero-order chi connectivity index (χ0) is 23.1. The van der Waals surface area contributed by atoms with E-state index in [-0.39, 0.29) is 17.2 Å². The number of anilines is 1. The minimum absolute atomic E-state index is 0.0401. The van der Waals surface area contributed by atoms with E-state index in [1.807, 2.05) is 4.90 Å². The Morgan fingerprint density at radius 3 is 2.75 bits per heavy atom. The van der Waals surface area contributed by atoms with Crippen molar-refractivity contribution in [3.8, 4) is 6.07 Å². The van der Waals surface area contributed by atoms with Crippen molar-refractivity contribution >= 4 is 11.6 Å². The molecule has 4 rings (SSSR count). The van der Waals surface area contributed by atoms with Crippen LogP contribution in [0.3, 0.4) is 0 Å². The van der Waals surface area contributed by atoms with E-state index in [0.29, 0.717) is 50.6 Å². The van der Waals surface area contributed by atoms with Gasteiger partial charge in [0.1, 0.15) is 5.69 Å². The van der Waals surface area contributed by atoms with E-state index < -0.39 is 17.3 Å². The third-order valence-electron chi connectivity index (χ3n) is 6.69. The number of carbonyl (C=O) groups is 1. The summed E-state index contributed by atoms with van der Waals surface area (Å²) in [6.45, 7) is 2.53. The number of piperidine rings is 1. The number of alkyl halides is 3. The molecule has 32 heavy (non-hydrogen) atoms. The molecule has 1 aromatic carbocycles. The van der Waals surface area contributed by atoms with Crippen molar-refractivity contribution in [1.82, 2.24) is 14.7 Å². The number of nitrogens with zero attached hydrogens (tertiary/aromatic N) is 5. The summed E-state index contributed by atoms with van der Waals surface area (Å²) in [5, 5.41) is 13.1. The summed E-state index contributed by atoms with van der Waals surface area (Å²) >= 11 is 0. The number of rotatable bonds is 4. The van der Waals surface area contributed by atoms with Crippen molar-refractivity contribution in [2.45, 2.75) is 12.6 Å². The van der Waals surface area contributed by atoms with Crippen LogP contribution in [-0.4, -0.2) is 60.5 Å². The number of benzene rings is 1. The summed E-state index contributed by atoms with van der Waals surface area (Å²) in [6.07, 6.45) is -2.34. The third-order valence-corrected chi connectivity index (χ3v) is 6.69. The Bertz CT molecular complexity index is 1060. The first-order valence-electron chi connectivity index (χ1n) is 10.3. The summed E-state index contributed by atoms with van der Waals surface area (Å²) in [7, 11) is 3.33. The zero-order valence-electron chi connectivity index (χ0n) is 17.9. The Morgan fingerprint density at radius 1 is 1.34 bits per heavy atom. The molecule has 2 fully saturated rings. The van der Waals surface area contributed by atoms with Crippen LogP contribution in [0.15, 0.2) is 30.5 Å². The first-order valence-corrected chi connectivity index (χ1v) is 10.3. The van der Waals surface area contributed by atoms with E-state index >= 15 is 0 Å². The molecule has 0 spiro atoms. The highest BCUT2D eigenvalue weighted by Gasteiger charge is 2.50. The van der Waals surface area contributed by atoms with Gasteiger partial charge in [0.05, 0.1) is 23.8 Å². The first kappa shape index (κ1) is 22.1. The van der Waals surface area contributed by atoms with Gasteiger partial charge in [-0.25, -0.2) is 0 Å². The van der Waals surface area contributed by atoms with Gasteiger partial charge in [0.2, 0.25) is 0 Å². The summed E-state index contributed by atoms with van der Waals surface area (Å²) in [6, 6.07) is 7.13. The number of halogens is 3. The smallest absolute Gasteiger partial charge is 0.384 e. The number of aromatic nitrogens is 2. The van der Waals surface area contributed by atoms with Crippen molar-refractivity contribution in [2.75, 3.05) is 44.8 Å². The molecule has 170 valence electrons. The molecule has 2 aliphatic rings. The maximum Gasteiger partial charge on any atom is 0.417 e. The van der Waals surface area contributed by atoms with Crippen molar-refractivity contribution in [3.05, 3.63) is 47.3 Å². The molecule has 0 N–H and O–H groups in total. The number of likely N-dealkylation sites (tertiary alicyclic amines) is 1. The number of hydrogen-bond acceptors (Lipinski definition) is 5. The fourth-order valence-electron chi connectivity index (χ4n) is 4.99.